The summed E-state index contributed by atoms with van der Waals surface area (Å²) in [4.78, 5) is 32.6. The summed E-state index contributed by atoms with van der Waals surface area (Å²) < 4.78 is 7.00. The van der Waals surface area contributed by atoms with Crippen LogP contribution in [0.25, 0.3) is 22.2 Å². The Morgan fingerprint density at radius 2 is 1.93 bits per heavy atom. The highest BCUT2D eigenvalue weighted by atomic mass is 16.5. The Morgan fingerprint density at radius 3 is 2.80 bits per heavy atom. The third-order valence-corrected chi connectivity index (χ3v) is 5.32. The highest BCUT2D eigenvalue weighted by Crippen LogP contribution is 2.22. The van der Waals surface area contributed by atoms with E-state index in [1.54, 1.807) is 24.7 Å². The van der Waals surface area contributed by atoms with E-state index in [1.165, 1.54) is 10.7 Å². The van der Waals surface area contributed by atoms with Gasteiger partial charge < -0.3 is 15.0 Å². The maximum absolute atomic E-state index is 12.9. The minimum absolute atomic E-state index is 0.216. The van der Waals surface area contributed by atoms with Crippen LogP contribution in [0, 0.1) is 0 Å². The lowest BCUT2D eigenvalue weighted by Crippen LogP contribution is -2.44. The standard InChI is InChI=1S/C22H19N5O3/c28-21-6-5-17(14-7-9-23-10-8-14)26-27(21)20-13-30-12-19(20)25-22(29)16-11-24-18-4-2-1-3-15(16)18/h1-11,19-20,24H,12-13H2,(H,25,29). The van der Waals surface area contributed by atoms with Gasteiger partial charge in [-0.05, 0) is 24.3 Å². The van der Waals surface area contributed by atoms with Crippen molar-refractivity contribution in [3.05, 3.63) is 83.0 Å². The van der Waals surface area contributed by atoms with Gasteiger partial charge >= 0.3 is 0 Å². The third-order valence-electron chi connectivity index (χ3n) is 5.32. The van der Waals surface area contributed by atoms with Crippen molar-refractivity contribution in [2.75, 3.05) is 13.2 Å². The number of ether oxygens (including phenoxy) is 1. The first-order valence-corrected chi connectivity index (χ1v) is 9.66. The summed E-state index contributed by atoms with van der Waals surface area (Å²) in [7, 11) is 0. The summed E-state index contributed by atoms with van der Waals surface area (Å²) in [5, 5.41) is 8.40. The van der Waals surface area contributed by atoms with Gasteiger partial charge in [-0.2, -0.15) is 5.10 Å². The van der Waals surface area contributed by atoms with Crippen molar-refractivity contribution >= 4 is 16.8 Å². The number of carbonyl (C=O) groups excluding carboxylic acids is 1. The molecule has 0 saturated carbocycles. The predicted molar refractivity (Wildman–Crippen MR) is 111 cm³/mol. The van der Waals surface area contributed by atoms with Crippen LogP contribution in [0.3, 0.4) is 0 Å². The van der Waals surface area contributed by atoms with E-state index in [1.807, 2.05) is 36.4 Å². The number of H-pyrrole nitrogens is 1. The number of fused-ring (bicyclic) bond motifs is 1. The Hall–Kier alpha value is -3.78. The molecule has 2 unspecified atom stereocenters. The second-order valence-electron chi connectivity index (χ2n) is 7.17. The topological polar surface area (TPSA) is 102 Å². The molecule has 1 amide bonds. The van der Waals surface area contributed by atoms with Crippen molar-refractivity contribution < 1.29 is 9.53 Å². The van der Waals surface area contributed by atoms with Crippen LogP contribution in [0.5, 0.6) is 0 Å². The maximum Gasteiger partial charge on any atom is 0.267 e. The molecular formula is C22H19N5O3. The number of aromatic amines is 1. The molecule has 4 aromatic rings. The number of rotatable bonds is 4. The van der Waals surface area contributed by atoms with Crippen molar-refractivity contribution in [2.24, 2.45) is 0 Å². The number of pyridine rings is 1. The zero-order valence-corrected chi connectivity index (χ0v) is 16.0. The van der Waals surface area contributed by atoms with Gasteiger partial charge in [0.25, 0.3) is 11.5 Å². The molecule has 0 bridgehead atoms. The van der Waals surface area contributed by atoms with Crippen LogP contribution in [0.15, 0.2) is 71.9 Å². The smallest absolute Gasteiger partial charge is 0.267 e. The van der Waals surface area contributed by atoms with Crippen molar-refractivity contribution in [3.63, 3.8) is 0 Å². The van der Waals surface area contributed by atoms with Gasteiger partial charge in [0.05, 0.1) is 30.5 Å². The minimum Gasteiger partial charge on any atom is -0.377 e. The van der Waals surface area contributed by atoms with Crippen LogP contribution < -0.4 is 10.9 Å². The molecule has 5 rings (SSSR count). The van der Waals surface area contributed by atoms with Crippen LogP contribution in [-0.2, 0) is 4.74 Å². The number of nitrogens with zero attached hydrogens (tertiary/aromatic N) is 3. The highest BCUT2D eigenvalue weighted by Gasteiger charge is 2.33. The first kappa shape index (κ1) is 18.3. The molecule has 150 valence electrons. The van der Waals surface area contributed by atoms with Crippen LogP contribution in [-0.4, -0.2) is 44.9 Å². The first-order valence-electron chi connectivity index (χ1n) is 9.66. The van der Waals surface area contributed by atoms with Crippen molar-refractivity contribution in [2.45, 2.75) is 12.1 Å². The minimum atomic E-state index is -0.395. The molecule has 8 nitrogen and oxygen atoms in total. The lowest BCUT2D eigenvalue weighted by Gasteiger charge is -2.20. The Morgan fingerprint density at radius 1 is 1.10 bits per heavy atom. The number of nitrogens with one attached hydrogen (secondary N) is 2. The summed E-state index contributed by atoms with van der Waals surface area (Å²) in [6.07, 6.45) is 5.05. The van der Waals surface area contributed by atoms with Gasteiger partial charge in [0.2, 0.25) is 0 Å². The normalized spacial score (nSPS) is 18.5. The molecule has 0 spiro atoms. The Kier molecular flexibility index (Phi) is 4.61. The lowest BCUT2D eigenvalue weighted by molar-refractivity contribution is 0.0926. The molecule has 1 saturated heterocycles. The molecular weight excluding hydrogens is 382 g/mol. The summed E-state index contributed by atoms with van der Waals surface area (Å²) in [6.45, 7) is 0.609. The number of carbonyl (C=O) groups is 1. The van der Waals surface area contributed by atoms with Crippen LogP contribution in [0.2, 0.25) is 0 Å². The molecule has 2 N–H and O–H groups in total. The molecule has 1 aliphatic heterocycles. The molecule has 1 aliphatic rings. The molecule has 4 heterocycles. The predicted octanol–water partition coefficient (Wildman–Crippen LogP) is 2.16. The molecule has 2 atom stereocenters. The van der Waals surface area contributed by atoms with Crippen LogP contribution in [0.1, 0.15) is 16.4 Å². The average molecular weight is 401 g/mol. The Bertz CT molecular complexity index is 1260. The van der Waals surface area contributed by atoms with Gasteiger partial charge in [0.15, 0.2) is 0 Å². The van der Waals surface area contributed by atoms with Gasteiger partial charge in [-0.15, -0.1) is 0 Å². The molecule has 1 aromatic carbocycles. The summed E-state index contributed by atoms with van der Waals surface area (Å²) in [5.41, 5.74) is 2.73. The summed E-state index contributed by atoms with van der Waals surface area (Å²) in [6, 6.07) is 13.7. The van der Waals surface area contributed by atoms with Crippen molar-refractivity contribution in [3.8, 4) is 11.3 Å². The van der Waals surface area contributed by atoms with E-state index in [4.69, 9.17) is 4.74 Å². The fourth-order valence-electron chi connectivity index (χ4n) is 3.77. The van der Waals surface area contributed by atoms with E-state index in [9.17, 15) is 9.59 Å². The zero-order valence-electron chi connectivity index (χ0n) is 16.0. The van der Waals surface area contributed by atoms with E-state index < -0.39 is 6.04 Å². The van der Waals surface area contributed by atoms with Crippen molar-refractivity contribution in [1.29, 1.82) is 0 Å². The maximum atomic E-state index is 12.9. The quantitative estimate of drug-likeness (QED) is 0.546. The molecule has 3 aromatic heterocycles. The van der Waals surface area contributed by atoms with E-state index >= 15 is 0 Å². The third kappa shape index (κ3) is 3.27. The fraction of sp³-hybridized carbons (Fsp3) is 0.182. The number of para-hydroxylation sites is 1. The Balaban J connectivity index is 1.43. The summed E-state index contributed by atoms with van der Waals surface area (Å²) in [5.74, 6) is -0.216. The molecule has 8 heteroatoms. The van der Waals surface area contributed by atoms with E-state index in [2.05, 4.69) is 20.4 Å². The number of hydrogen-bond donors (Lipinski definition) is 2. The van der Waals surface area contributed by atoms with Gasteiger partial charge in [0, 0.05) is 41.1 Å². The lowest BCUT2D eigenvalue weighted by atomic mass is 10.1. The van der Waals surface area contributed by atoms with Crippen molar-refractivity contribution in [1.82, 2.24) is 25.1 Å². The number of hydrogen-bond acceptors (Lipinski definition) is 5. The average Bonchev–Trinajstić information content (AvgIpc) is 3.42. The first-order chi connectivity index (χ1) is 14.7. The molecule has 0 radical (unpaired) electrons. The van der Waals surface area contributed by atoms with Crippen LogP contribution >= 0.6 is 0 Å². The van der Waals surface area contributed by atoms with Gasteiger partial charge in [-0.25, -0.2) is 4.68 Å². The molecule has 30 heavy (non-hydrogen) atoms. The highest BCUT2D eigenvalue weighted by molar-refractivity contribution is 6.06. The fourth-order valence-corrected chi connectivity index (χ4v) is 3.77. The number of amides is 1. The number of aromatic nitrogens is 4. The van der Waals surface area contributed by atoms with Gasteiger partial charge in [-0.1, -0.05) is 18.2 Å². The summed E-state index contributed by atoms with van der Waals surface area (Å²) >= 11 is 0. The molecule has 1 fully saturated rings. The second-order valence-corrected chi connectivity index (χ2v) is 7.17. The largest absolute Gasteiger partial charge is 0.377 e. The zero-order chi connectivity index (χ0) is 20.5. The van der Waals surface area contributed by atoms with Gasteiger partial charge in [0.1, 0.15) is 6.04 Å². The van der Waals surface area contributed by atoms with Crippen LogP contribution in [0.4, 0.5) is 0 Å². The second kappa shape index (κ2) is 7.57. The number of benzene rings is 1. The molecule has 0 aliphatic carbocycles. The SMILES string of the molecule is O=C(NC1COCC1n1nc(-c2ccncc2)ccc1=O)c1c[nH]c2ccccc12. The van der Waals surface area contributed by atoms with E-state index in [0.717, 1.165) is 16.5 Å². The monoisotopic (exact) mass is 401 g/mol. The van der Waals surface area contributed by atoms with E-state index in [-0.39, 0.29) is 17.5 Å². The van der Waals surface area contributed by atoms with Gasteiger partial charge in [-0.3, -0.25) is 14.6 Å². The van der Waals surface area contributed by atoms with E-state index in [0.29, 0.717) is 24.5 Å². The Labute approximate surface area is 171 Å².